The van der Waals surface area contributed by atoms with Crippen LogP contribution in [0.4, 0.5) is 17.1 Å². The molecule has 2 spiro atoms. The van der Waals surface area contributed by atoms with Crippen molar-refractivity contribution in [2.24, 2.45) is 0 Å². The fraction of sp³-hybridized carbons (Fsp3) is 0.0286. The average molecular weight is 911 g/mol. The summed E-state index contributed by atoms with van der Waals surface area (Å²) in [5, 5.41) is 7.46. The molecule has 1 aromatic heterocycles. The van der Waals surface area contributed by atoms with E-state index in [0.29, 0.717) is 0 Å². The van der Waals surface area contributed by atoms with Crippen molar-refractivity contribution in [1.29, 1.82) is 0 Å². The third-order valence-corrected chi connectivity index (χ3v) is 17.1. The summed E-state index contributed by atoms with van der Waals surface area (Å²) >= 11 is 0. The van der Waals surface area contributed by atoms with E-state index in [9.17, 15) is 0 Å². The second-order valence-corrected chi connectivity index (χ2v) is 20.2. The molecule has 0 N–H and O–H groups in total. The topological polar surface area (TPSA) is 8.17 Å². The quantitative estimate of drug-likeness (QED) is 0.171. The molecule has 1 atom stereocenters. The molecule has 3 aliphatic carbocycles. The van der Waals surface area contributed by atoms with Crippen molar-refractivity contribution in [2.45, 2.75) is 10.8 Å². The fourth-order valence-electron chi connectivity index (χ4n) is 14.6. The van der Waals surface area contributed by atoms with Crippen molar-refractivity contribution in [3.63, 3.8) is 0 Å². The van der Waals surface area contributed by atoms with Crippen LogP contribution in [0, 0.1) is 0 Å². The van der Waals surface area contributed by atoms with E-state index in [0.717, 1.165) is 17.1 Å². The third kappa shape index (κ3) is 4.49. The lowest BCUT2D eigenvalue weighted by Crippen LogP contribution is -2.33. The zero-order valence-corrected chi connectivity index (χ0v) is 39.1. The molecule has 12 aromatic carbocycles. The minimum Gasteiger partial charge on any atom is -0.309 e. The molecule has 17 rings (SSSR count). The number of hydrogen-bond acceptors (Lipinski definition) is 1. The smallest absolute Gasteiger partial charge is 0.0755 e. The molecule has 4 aliphatic rings. The van der Waals surface area contributed by atoms with Crippen molar-refractivity contribution in [1.82, 2.24) is 4.57 Å². The van der Waals surface area contributed by atoms with Gasteiger partial charge in [-0.25, -0.2) is 0 Å². The van der Waals surface area contributed by atoms with Crippen LogP contribution in [0.15, 0.2) is 255 Å². The van der Waals surface area contributed by atoms with Gasteiger partial charge in [-0.1, -0.05) is 218 Å². The van der Waals surface area contributed by atoms with E-state index >= 15 is 0 Å². The molecule has 2 nitrogen and oxygen atoms in total. The van der Waals surface area contributed by atoms with Gasteiger partial charge in [-0.2, -0.15) is 0 Å². The van der Waals surface area contributed by atoms with Gasteiger partial charge in [-0.15, -0.1) is 0 Å². The first-order valence-corrected chi connectivity index (χ1v) is 25.3. The lowest BCUT2D eigenvalue weighted by molar-refractivity contribution is 0.748. The van der Waals surface area contributed by atoms with Crippen LogP contribution in [0.3, 0.4) is 0 Å². The summed E-state index contributed by atoms with van der Waals surface area (Å²) in [6, 6.07) is 96.8. The van der Waals surface area contributed by atoms with Crippen LogP contribution < -0.4 is 4.90 Å². The molecule has 0 amide bonds. The first-order valence-electron chi connectivity index (χ1n) is 25.3. The Hall–Kier alpha value is -9.24. The van der Waals surface area contributed by atoms with Gasteiger partial charge in [0.15, 0.2) is 0 Å². The van der Waals surface area contributed by atoms with Crippen molar-refractivity contribution in [3.8, 4) is 39.1 Å². The lowest BCUT2D eigenvalue weighted by atomic mass is 9.65. The van der Waals surface area contributed by atoms with Crippen molar-refractivity contribution >= 4 is 60.4 Å². The maximum Gasteiger partial charge on any atom is 0.0755 e. The van der Waals surface area contributed by atoms with E-state index in [2.05, 4.69) is 264 Å². The fourth-order valence-corrected chi connectivity index (χ4v) is 14.6. The van der Waals surface area contributed by atoms with Crippen LogP contribution in [0.25, 0.3) is 82.4 Å². The van der Waals surface area contributed by atoms with E-state index in [4.69, 9.17) is 0 Å². The van der Waals surface area contributed by atoms with Gasteiger partial charge in [-0.05, 0) is 125 Å². The summed E-state index contributed by atoms with van der Waals surface area (Å²) < 4.78 is 2.54. The van der Waals surface area contributed by atoms with Crippen LogP contribution in [0.2, 0.25) is 0 Å². The van der Waals surface area contributed by atoms with Gasteiger partial charge in [0.1, 0.15) is 0 Å². The summed E-state index contributed by atoms with van der Waals surface area (Å²) in [4.78, 5) is 2.62. The molecule has 0 radical (unpaired) electrons. The van der Waals surface area contributed by atoms with Gasteiger partial charge in [0.25, 0.3) is 0 Å². The van der Waals surface area contributed by atoms with Gasteiger partial charge in [0, 0.05) is 27.4 Å². The molecule has 2 heterocycles. The summed E-state index contributed by atoms with van der Waals surface area (Å²) in [5.41, 5.74) is 24.4. The average Bonchev–Trinajstić information content (AvgIpc) is 4.15. The van der Waals surface area contributed by atoms with Crippen LogP contribution in [0.5, 0.6) is 0 Å². The summed E-state index contributed by atoms with van der Waals surface area (Å²) in [7, 11) is 0. The predicted octanol–water partition coefficient (Wildman–Crippen LogP) is 17.6. The zero-order chi connectivity index (χ0) is 46.9. The van der Waals surface area contributed by atoms with Gasteiger partial charge in [0.05, 0.1) is 38.9 Å². The van der Waals surface area contributed by atoms with Gasteiger partial charge in [-0.3, -0.25) is 0 Å². The first-order chi connectivity index (χ1) is 35.8. The zero-order valence-electron chi connectivity index (χ0n) is 39.1. The molecule has 72 heavy (non-hydrogen) atoms. The van der Waals surface area contributed by atoms with E-state index in [-0.39, 0.29) is 0 Å². The van der Waals surface area contributed by atoms with Gasteiger partial charge >= 0.3 is 0 Å². The first kappa shape index (κ1) is 38.6. The number of rotatable bonds is 3. The molecule has 1 aliphatic heterocycles. The van der Waals surface area contributed by atoms with E-state index in [1.54, 1.807) is 0 Å². The van der Waals surface area contributed by atoms with E-state index in [1.165, 1.54) is 127 Å². The Morgan fingerprint density at radius 1 is 0.292 bits per heavy atom. The number of benzene rings is 12. The van der Waals surface area contributed by atoms with Gasteiger partial charge < -0.3 is 9.47 Å². The Kier molecular flexibility index (Phi) is 7.37. The van der Waals surface area contributed by atoms with Crippen molar-refractivity contribution in [2.75, 3.05) is 4.90 Å². The molecule has 0 bridgehead atoms. The van der Waals surface area contributed by atoms with Crippen LogP contribution in [0.1, 0.15) is 44.5 Å². The largest absolute Gasteiger partial charge is 0.309 e. The molecular formula is C70H42N2. The molecule has 1 unspecified atom stereocenters. The van der Waals surface area contributed by atoms with Gasteiger partial charge in [0.2, 0.25) is 0 Å². The van der Waals surface area contributed by atoms with Crippen molar-refractivity contribution in [3.05, 3.63) is 299 Å². The SMILES string of the molecule is c1ccc2c(c1)-c1ccccc1C21c2ccccc2-c2c1cc(N(c1ccc3ccccc3c1)c1cccc3c1-c1ccccc1C31c3ccccc3-n3c4ccccc4c4cccc1c43)c1ccccc21. The highest BCUT2D eigenvalue weighted by Crippen LogP contribution is 2.67. The number of anilines is 3. The number of aromatic nitrogens is 1. The minimum atomic E-state index is -0.597. The molecule has 0 fully saturated rings. The number of fused-ring (bicyclic) bond motifs is 25. The highest BCUT2D eigenvalue weighted by atomic mass is 15.1. The summed E-state index contributed by atoms with van der Waals surface area (Å²) in [6.45, 7) is 0. The minimum absolute atomic E-state index is 0.523. The van der Waals surface area contributed by atoms with E-state index < -0.39 is 10.8 Å². The van der Waals surface area contributed by atoms with Crippen LogP contribution >= 0.6 is 0 Å². The number of hydrogen-bond donors (Lipinski definition) is 0. The molecule has 332 valence electrons. The molecule has 0 saturated carbocycles. The second-order valence-electron chi connectivity index (χ2n) is 20.2. The predicted molar refractivity (Wildman–Crippen MR) is 298 cm³/mol. The highest BCUT2D eigenvalue weighted by molar-refractivity contribution is 6.15. The maximum atomic E-state index is 2.62. The third-order valence-electron chi connectivity index (χ3n) is 17.1. The molecular weight excluding hydrogens is 869 g/mol. The molecule has 0 saturated heterocycles. The normalized spacial score (nSPS) is 15.7. The second kappa shape index (κ2) is 13.8. The van der Waals surface area contributed by atoms with Crippen molar-refractivity contribution < 1.29 is 0 Å². The Morgan fingerprint density at radius 3 is 1.56 bits per heavy atom. The van der Waals surface area contributed by atoms with Crippen LogP contribution in [-0.2, 0) is 10.8 Å². The Balaban J connectivity index is 1.02. The standard InChI is InChI=1S/C70H42N2/c1-2-20-44-41-45(40-39-43(44)19-1)71(65-42-61-66(50-25-4-3-23-48(50)65)52-26-7-12-31-56(52)69(61)54-29-10-5-21-46(54)47-22-6-11-30-55(47)69)64-38-18-34-59-67(64)53-27-8-13-32-57(53)70(59)58-33-14-16-37-63(58)72-62-36-15-9-24-49(62)51-28-17-35-60(70)68(51)72/h1-42H. The highest BCUT2D eigenvalue weighted by Gasteiger charge is 2.54. The monoisotopic (exact) mass is 910 g/mol. The number of para-hydroxylation sites is 3. The summed E-state index contributed by atoms with van der Waals surface area (Å²) in [5.74, 6) is 0. The molecule has 13 aromatic rings. The lowest BCUT2D eigenvalue weighted by Gasteiger charge is -2.39. The summed E-state index contributed by atoms with van der Waals surface area (Å²) in [6.07, 6.45) is 0. The van der Waals surface area contributed by atoms with E-state index in [1.807, 2.05) is 0 Å². The Labute approximate surface area is 417 Å². The number of nitrogens with zero attached hydrogens (tertiary/aromatic N) is 2. The van der Waals surface area contributed by atoms with Crippen LogP contribution in [-0.4, -0.2) is 4.57 Å². The molecule has 2 heteroatoms. The Bertz CT molecular complexity index is 4500. The maximum absolute atomic E-state index is 2.62. The Morgan fingerprint density at radius 2 is 0.806 bits per heavy atom.